The van der Waals surface area contributed by atoms with Gasteiger partial charge in [-0.2, -0.15) is 5.10 Å². The number of aryl methyl sites for hydroxylation is 1. The van der Waals surface area contributed by atoms with Gasteiger partial charge in [-0.3, -0.25) is 9.52 Å². The van der Waals surface area contributed by atoms with Crippen molar-refractivity contribution in [3.8, 4) is 0 Å². The Balaban J connectivity index is 1.77. The zero-order valence-corrected chi connectivity index (χ0v) is 18.6. The number of nitrogens with one attached hydrogen (secondary N) is 2. The summed E-state index contributed by atoms with van der Waals surface area (Å²) in [6, 6.07) is 14.1. The van der Waals surface area contributed by atoms with Gasteiger partial charge in [-0.15, -0.1) is 0 Å². The number of amides is 1. The molecule has 7 nitrogen and oxygen atoms in total. The first-order chi connectivity index (χ1) is 14.2. The lowest BCUT2D eigenvalue weighted by Gasteiger charge is -2.11. The Bertz CT molecular complexity index is 1190. The van der Waals surface area contributed by atoms with Crippen molar-refractivity contribution in [1.29, 1.82) is 0 Å². The topological polar surface area (TPSA) is 93.1 Å². The summed E-state index contributed by atoms with van der Waals surface area (Å²) in [5.41, 5.74) is 2.59. The maximum atomic E-state index is 12.8. The maximum Gasteiger partial charge on any atom is 0.256 e. The summed E-state index contributed by atoms with van der Waals surface area (Å²) in [6.45, 7) is 2.14. The van der Waals surface area contributed by atoms with Gasteiger partial charge in [0.1, 0.15) is 5.15 Å². The van der Waals surface area contributed by atoms with Gasteiger partial charge in [-0.05, 0) is 30.2 Å². The van der Waals surface area contributed by atoms with E-state index >= 15 is 0 Å². The predicted octanol–water partition coefficient (Wildman–Crippen LogP) is 3.85. The van der Waals surface area contributed by atoms with Crippen molar-refractivity contribution in [2.24, 2.45) is 0 Å². The number of hydrogen-bond donors (Lipinski definition) is 2. The molecule has 2 N–H and O–H groups in total. The summed E-state index contributed by atoms with van der Waals surface area (Å²) in [7, 11) is -3.44. The number of sulfonamides is 1. The molecule has 0 radical (unpaired) electrons. The minimum Gasteiger partial charge on any atom is -0.348 e. The monoisotopic (exact) mass is 466 g/mol. The first kappa shape index (κ1) is 22.1. The second-order valence-corrected chi connectivity index (χ2v) is 9.23. The number of anilines is 1. The lowest BCUT2D eigenvalue weighted by Crippen LogP contribution is -2.24. The van der Waals surface area contributed by atoms with E-state index in [1.165, 1.54) is 4.68 Å². The second kappa shape index (κ2) is 9.07. The highest BCUT2D eigenvalue weighted by Gasteiger charge is 2.21. The number of aromatic nitrogens is 2. The van der Waals surface area contributed by atoms with E-state index < -0.39 is 15.9 Å². The van der Waals surface area contributed by atoms with Crippen LogP contribution in [-0.4, -0.2) is 30.4 Å². The van der Waals surface area contributed by atoms with E-state index in [4.69, 9.17) is 23.2 Å². The van der Waals surface area contributed by atoms with Gasteiger partial charge < -0.3 is 5.32 Å². The minimum atomic E-state index is -3.44. The first-order valence-electron chi connectivity index (χ1n) is 8.96. The van der Waals surface area contributed by atoms with E-state index in [1.54, 1.807) is 37.3 Å². The Morgan fingerprint density at radius 2 is 1.70 bits per heavy atom. The van der Waals surface area contributed by atoms with Crippen molar-refractivity contribution in [2.45, 2.75) is 20.0 Å². The summed E-state index contributed by atoms with van der Waals surface area (Å²) in [6.07, 6.45) is 1.07. The van der Waals surface area contributed by atoms with Gasteiger partial charge in [0.2, 0.25) is 10.0 Å². The average molecular weight is 467 g/mol. The average Bonchev–Trinajstić information content (AvgIpc) is 2.95. The van der Waals surface area contributed by atoms with Crippen molar-refractivity contribution in [2.75, 3.05) is 11.0 Å². The Hall–Kier alpha value is -2.55. The lowest BCUT2D eigenvalue weighted by atomic mass is 10.1. The summed E-state index contributed by atoms with van der Waals surface area (Å²) in [5, 5.41) is 7.92. The Morgan fingerprint density at radius 3 is 2.37 bits per heavy atom. The van der Waals surface area contributed by atoms with Crippen molar-refractivity contribution in [3.05, 3.63) is 81.1 Å². The summed E-state index contributed by atoms with van der Waals surface area (Å²) in [5.74, 6) is -0.405. The third kappa shape index (κ3) is 5.33. The van der Waals surface area contributed by atoms with Crippen LogP contribution in [0.2, 0.25) is 10.2 Å². The first-order valence-corrected chi connectivity index (χ1v) is 11.6. The van der Waals surface area contributed by atoms with Gasteiger partial charge in [-0.25, -0.2) is 13.1 Å². The van der Waals surface area contributed by atoms with Crippen molar-refractivity contribution in [3.63, 3.8) is 0 Å². The Morgan fingerprint density at radius 1 is 1.07 bits per heavy atom. The van der Waals surface area contributed by atoms with Gasteiger partial charge in [0.25, 0.3) is 5.91 Å². The van der Waals surface area contributed by atoms with E-state index in [2.05, 4.69) is 15.1 Å². The molecule has 0 spiro atoms. The number of benzene rings is 2. The number of carbonyl (C=O) groups excluding carboxylic acids is 1. The van der Waals surface area contributed by atoms with Crippen LogP contribution in [0.1, 0.15) is 27.2 Å². The highest BCUT2D eigenvalue weighted by Crippen LogP contribution is 2.24. The predicted molar refractivity (Wildman–Crippen MR) is 119 cm³/mol. The van der Waals surface area contributed by atoms with Crippen molar-refractivity contribution >= 4 is 44.8 Å². The number of carbonyl (C=O) groups is 1. The number of halogens is 2. The van der Waals surface area contributed by atoms with Crippen LogP contribution in [0.15, 0.2) is 48.5 Å². The van der Waals surface area contributed by atoms with E-state index in [-0.39, 0.29) is 17.3 Å². The number of rotatable bonds is 7. The molecule has 0 aliphatic carbocycles. The van der Waals surface area contributed by atoms with Crippen LogP contribution >= 0.6 is 23.2 Å². The fourth-order valence-electron chi connectivity index (χ4n) is 2.94. The normalized spacial score (nSPS) is 11.3. The largest absolute Gasteiger partial charge is 0.348 e. The van der Waals surface area contributed by atoms with Crippen LogP contribution in [0.4, 0.5) is 5.69 Å². The van der Waals surface area contributed by atoms with Crippen LogP contribution in [0.5, 0.6) is 0 Å². The highest BCUT2D eigenvalue weighted by molar-refractivity contribution is 7.92. The molecule has 3 aromatic rings. The van der Waals surface area contributed by atoms with E-state index in [1.807, 2.05) is 18.2 Å². The third-order valence-corrected chi connectivity index (χ3v) is 5.67. The molecule has 0 saturated carbocycles. The smallest absolute Gasteiger partial charge is 0.256 e. The molecule has 1 aromatic heterocycles. The van der Waals surface area contributed by atoms with Gasteiger partial charge in [-0.1, -0.05) is 59.6 Å². The van der Waals surface area contributed by atoms with Crippen molar-refractivity contribution < 1.29 is 13.2 Å². The van der Waals surface area contributed by atoms with E-state index in [9.17, 15) is 13.2 Å². The molecule has 2 aromatic carbocycles. The molecule has 0 unspecified atom stereocenters. The number of para-hydroxylation sites is 1. The van der Waals surface area contributed by atoms with Crippen LogP contribution in [0.3, 0.4) is 0 Å². The number of nitrogens with zero attached hydrogens (tertiary/aromatic N) is 2. The molecule has 0 saturated heterocycles. The maximum absolute atomic E-state index is 12.8. The molecule has 3 rings (SSSR count). The summed E-state index contributed by atoms with van der Waals surface area (Å²) >= 11 is 12.6. The zero-order chi connectivity index (χ0) is 21.9. The van der Waals surface area contributed by atoms with Crippen molar-refractivity contribution in [1.82, 2.24) is 15.1 Å². The van der Waals surface area contributed by atoms with Gasteiger partial charge in [0, 0.05) is 11.6 Å². The molecule has 0 aliphatic rings. The molecule has 0 fully saturated rings. The summed E-state index contributed by atoms with van der Waals surface area (Å²) < 4.78 is 27.0. The fraction of sp³-hybridized carbons (Fsp3) is 0.200. The molecule has 10 heteroatoms. The molecule has 158 valence electrons. The SMILES string of the molecule is Cc1nn(Cc2ccccc2Cl)c(Cl)c1C(=O)NCc1ccccc1NS(C)(=O)=O. The van der Waals surface area contributed by atoms with Gasteiger partial charge in [0.15, 0.2) is 0 Å². The number of hydrogen-bond acceptors (Lipinski definition) is 4. The zero-order valence-electron chi connectivity index (χ0n) is 16.3. The van der Waals surface area contributed by atoms with Crippen LogP contribution in [-0.2, 0) is 23.1 Å². The quantitative estimate of drug-likeness (QED) is 0.552. The highest BCUT2D eigenvalue weighted by atomic mass is 35.5. The van der Waals surface area contributed by atoms with E-state index in [0.29, 0.717) is 28.5 Å². The van der Waals surface area contributed by atoms with Gasteiger partial charge >= 0.3 is 0 Å². The third-order valence-electron chi connectivity index (χ3n) is 4.32. The summed E-state index contributed by atoms with van der Waals surface area (Å²) in [4.78, 5) is 12.8. The molecular formula is C20H20Cl2N4O3S. The Kier molecular flexibility index (Phi) is 6.70. The van der Waals surface area contributed by atoms with Crippen LogP contribution in [0.25, 0.3) is 0 Å². The second-order valence-electron chi connectivity index (χ2n) is 6.71. The van der Waals surface area contributed by atoms with Gasteiger partial charge in [0.05, 0.1) is 29.7 Å². The molecule has 0 bridgehead atoms. The lowest BCUT2D eigenvalue weighted by molar-refractivity contribution is 0.0950. The van der Waals surface area contributed by atoms with E-state index in [0.717, 1.165) is 11.8 Å². The Labute approximate surface area is 185 Å². The molecule has 0 aliphatic heterocycles. The minimum absolute atomic E-state index is 0.114. The molecule has 1 amide bonds. The molecule has 0 atom stereocenters. The molecule has 1 heterocycles. The molecular weight excluding hydrogens is 447 g/mol. The van der Waals surface area contributed by atoms with Crippen LogP contribution < -0.4 is 10.0 Å². The molecule has 30 heavy (non-hydrogen) atoms. The van der Waals surface area contributed by atoms with Crippen LogP contribution in [0, 0.1) is 6.92 Å². The fourth-order valence-corrected chi connectivity index (χ4v) is 4.06. The standard InChI is InChI=1S/C20H20Cl2N4O3S/c1-13-18(19(22)26(24-13)12-15-8-3-5-9-16(15)21)20(27)23-11-14-7-4-6-10-17(14)25-30(2,28)29/h3-10,25H,11-12H2,1-2H3,(H,23,27).